The third-order valence-electron chi connectivity index (χ3n) is 0.475. The van der Waals surface area contributed by atoms with Crippen LogP contribution in [-0.4, -0.2) is 11.9 Å². The maximum absolute atomic E-state index is 8.50. The lowest BCUT2D eigenvalue weighted by molar-refractivity contribution is -0.425. The fourth-order valence-electron chi connectivity index (χ4n) is 0.216. The molecule has 43 valence electrons. The number of aliphatic hydroxyl groups is 1. The second-order valence-corrected chi connectivity index (χ2v) is 1.29. The molecule has 0 amide bonds. The summed E-state index contributed by atoms with van der Waals surface area (Å²) in [7, 11) is 0. The summed E-state index contributed by atoms with van der Waals surface area (Å²) in [4.78, 5) is 0. The molecular formula is C6H8O2+. The highest BCUT2D eigenvalue weighted by molar-refractivity contribution is 5.19. The number of rotatable bonds is 2. The Labute approximate surface area is 48.5 Å². The summed E-state index contributed by atoms with van der Waals surface area (Å²) < 4.78 is 4.13. The number of allylic oxidation sites excluding steroid dienone is 2. The van der Waals surface area contributed by atoms with Crippen LogP contribution in [0.4, 0.5) is 0 Å². The quantitative estimate of drug-likeness (QED) is 0.324. The molecule has 1 N–H and O–H groups in total. The van der Waals surface area contributed by atoms with Crippen molar-refractivity contribution in [3.63, 3.8) is 0 Å². The van der Waals surface area contributed by atoms with Gasteiger partial charge in [-0.05, 0) is 12.5 Å². The molecular weight excluding hydrogens is 104 g/mol. The van der Waals surface area contributed by atoms with Crippen LogP contribution in [0.25, 0.3) is 0 Å². The zero-order chi connectivity index (χ0) is 6.57. The Morgan fingerprint density at radius 3 is 2.25 bits per heavy atom. The molecule has 0 heterocycles. The molecule has 0 saturated carbocycles. The molecule has 1 radical (unpaired) electrons. The van der Waals surface area contributed by atoms with Crippen molar-refractivity contribution in [1.82, 2.24) is 0 Å². The Morgan fingerprint density at radius 2 is 2.12 bits per heavy atom. The summed E-state index contributed by atoms with van der Waals surface area (Å²) in [6.07, 6.45) is 1.27. The van der Waals surface area contributed by atoms with Crippen LogP contribution in [0.2, 0.25) is 0 Å². The number of hydrogen-bond acceptors (Lipinski definition) is 1. The molecule has 0 aliphatic heterocycles. The molecule has 2 nitrogen and oxygen atoms in total. The van der Waals surface area contributed by atoms with Crippen molar-refractivity contribution >= 4 is 6.79 Å². The number of aliphatic hydroxyl groups excluding tert-OH is 1. The van der Waals surface area contributed by atoms with Crippen molar-refractivity contribution < 1.29 is 9.53 Å². The molecule has 0 aliphatic rings. The third-order valence-corrected chi connectivity index (χ3v) is 0.475. The second kappa shape index (κ2) is 3.02. The van der Waals surface area contributed by atoms with Gasteiger partial charge >= 0.3 is 5.95 Å². The summed E-state index contributed by atoms with van der Waals surface area (Å²) >= 11 is 0. The minimum absolute atomic E-state index is 0.273. The van der Waals surface area contributed by atoms with Gasteiger partial charge in [0.2, 0.25) is 0 Å². The van der Waals surface area contributed by atoms with Crippen LogP contribution in [0.15, 0.2) is 24.2 Å². The maximum atomic E-state index is 8.50. The van der Waals surface area contributed by atoms with Gasteiger partial charge in [0, 0.05) is 0 Å². The minimum atomic E-state index is -0.273. The van der Waals surface area contributed by atoms with Crippen LogP contribution in [0.3, 0.4) is 0 Å². The SMILES string of the molecule is [CH2]C(=C)C=C(O)[O+]=C. The van der Waals surface area contributed by atoms with E-state index in [4.69, 9.17) is 5.11 Å². The Morgan fingerprint density at radius 1 is 1.62 bits per heavy atom. The van der Waals surface area contributed by atoms with E-state index in [1.165, 1.54) is 6.08 Å². The van der Waals surface area contributed by atoms with Crippen LogP contribution in [-0.2, 0) is 4.42 Å². The Bertz CT molecular complexity index is 133. The van der Waals surface area contributed by atoms with Crippen molar-refractivity contribution in [2.24, 2.45) is 0 Å². The van der Waals surface area contributed by atoms with Crippen molar-refractivity contribution in [3.05, 3.63) is 31.1 Å². The van der Waals surface area contributed by atoms with Crippen molar-refractivity contribution in [2.75, 3.05) is 0 Å². The zero-order valence-electron chi connectivity index (χ0n) is 4.55. The van der Waals surface area contributed by atoms with Gasteiger partial charge in [-0.1, -0.05) is 6.58 Å². The standard InChI is InChI=1S/C6H7O2/c1-5(2)4-6(7)8-3/h4H,1-3H2/p+1. The first-order valence-corrected chi connectivity index (χ1v) is 2.00. The van der Waals surface area contributed by atoms with Crippen molar-refractivity contribution in [2.45, 2.75) is 0 Å². The van der Waals surface area contributed by atoms with E-state index in [2.05, 4.69) is 24.7 Å². The Kier molecular flexibility index (Phi) is 2.62. The van der Waals surface area contributed by atoms with Gasteiger partial charge in [0.25, 0.3) is 0 Å². The van der Waals surface area contributed by atoms with Gasteiger partial charge in [-0.3, -0.25) is 4.42 Å². The van der Waals surface area contributed by atoms with Gasteiger partial charge in [0.1, 0.15) is 0 Å². The average molecular weight is 112 g/mol. The molecule has 0 saturated heterocycles. The molecule has 2 heteroatoms. The molecule has 0 aromatic heterocycles. The van der Waals surface area contributed by atoms with Crippen LogP contribution in [0.1, 0.15) is 0 Å². The predicted octanol–water partition coefficient (Wildman–Crippen LogP) is 1.14. The van der Waals surface area contributed by atoms with E-state index in [0.717, 1.165) is 0 Å². The number of hydrogen-bond donors (Lipinski definition) is 1. The molecule has 0 aliphatic carbocycles. The van der Waals surface area contributed by atoms with Crippen LogP contribution < -0.4 is 0 Å². The van der Waals surface area contributed by atoms with Gasteiger partial charge in [-0.25, -0.2) is 0 Å². The van der Waals surface area contributed by atoms with E-state index in [1.54, 1.807) is 0 Å². The van der Waals surface area contributed by atoms with E-state index in [1.807, 2.05) is 0 Å². The second-order valence-electron chi connectivity index (χ2n) is 1.29. The van der Waals surface area contributed by atoms with E-state index in [9.17, 15) is 0 Å². The lowest BCUT2D eigenvalue weighted by Crippen LogP contribution is -1.77. The molecule has 8 heavy (non-hydrogen) atoms. The Balaban J connectivity index is 3.94. The van der Waals surface area contributed by atoms with E-state index in [0.29, 0.717) is 5.57 Å². The zero-order valence-corrected chi connectivity index (χ0v) is 4.55. The van der Waals surface area contributed by atoms with Gasteiger partial charge in [0.05, 0.1) is 6.08 Å². The van der Waals surface area contributed by atoms with Gasteiger partial charge in [-0.15, -0.1) is 0 Å². The molecule has 0 unspecified atom stereocenters. The van der Waals surface area contributed by atoms with E-state index in [-0.39, 0.29) is 5.95 Å². The van der Waals surface area contributed by atoms with Crippen LogP contribution >= 0.6 is 0 Å². The molecule has 0 fully saturated rings. The normalized spacial score (nSPS) is 10.9. The summed E-state index contributed by atoms with van der Waals surface area (Å²) in [6.45, 7) is 9.73. The predicted molar refractivity (Wildman–Crippen MR) is 32.3 cm³/mol. The van der Waals surface area contributed by atoms with Gasteiger partial charge in [0.15, 0.2) is 6.79 Å². The molecule has 0 spiro atoms. The first-order valence-electron chi connectivity index (χ1n) is 2.00. The van der Waals surface area contributed by atoms with E-state index >= 15 is 0 Å². The summed E-state index contributed by atoms with van der Waals surface area (Å²) in [5.74, 6) is -0.273. The molecule has 0 rings (SSSR count). The maximum Gasteiger partial charge on any atom is 0.515 e. The van der Waals surface area contributed by atoms with Crippen LogP contribution in [0, 0.1) is 6.92 Å². The fraction of sp³-hybridized carbons (Fsp3) is 0. The van der Waals surface area contributed by atoms with Gasteiger partial charge < -0.3 is 5.11 Å². The first-order chi connectivity index (χ1) is 3.66. The summed E-state index contributed by atoms with van der Waals surface area (Å²) in [6, 6.07) is 0. The number of carbonyl (C=O) groups excluding carboxylic acids is 1. The van der Waals surface area contributed by atoms with Crippen molar-refractivity contribution in [3.8, 4) is 0 Å². The summed E-state index contributed by atoms with van der Waals surface area (Å²) in [5.41, 5.74) is 0.478. The minimum Gasteiger partial charge on any atom is -0.335 e. The topological polar surface area (TPSA) is 31.5 Å². The van der Waals surface area contributed by atoms with E-state index < -0.39 is 0 Å². The monoisotopic (exact) mass is 112 g/mol. The molecule has 0 bridgehead atoms. The molecule has 0 aromatic rings. The third kappa shape index (κ3) is 3.15. The van der Waals surface area contributed by atoms with Crippen LogP contribution in [0.5, 0.6) is 0 Å². The van der Waals surface area contributed by atoms with Crippen molar-refractivity contribution in [1.29, 1.82) is 0 Å². The largest absolute Gasteiger partial charge is 0.515 e. The highest BCUT2D eigenvalue weighted by Crippen LogP contribution is 1.91. The highest BCUT2D eigenvalue weighted by atomic mass is 16.5. The highest BCUT2D eigenvalue weighted by Gasteiger charge is 1.95. The first kappa shape index (κ1) is 6.95. The smallest absolute Gasteiger partial charge is 0.335 e. The fourth-order valence-corrected chi connectivity index (χ4v) is 0.216. The lowest BCUT2D eigenvalue weighted by Gasteiger charge is -1.76. The molecule has 0 aromatic carbocycles. The van der Waals surface area contributed by atoms with Gasteiger partial charge in [-0.2, -0.15) is 0 Å². The lowest BCUT2D eigenvalue weighted by atomic mass is 10.3. The molecule has 0 atom stereocenters. The average Bonchev–Trinajstić information content (AvgIpc) is 1.65. The summed E-state index contributed by atoms with van der Waals surface area (Å²) in [5, 5.41) is 8.50. The Hall–Kier alpha value is -1.05.